The molecule has 124 valence electrons. The van der Waals surface area contributed by atoms with Gasteiger partial charge in [0, 0.05) is 12.2 Å². The average Bonchev–Trinajstić information content (AvgIpc) is 2.87. The molecule has 0 saturated heterocycles. The smallest absolute Gasteiger partial charge is 0.261 e. The van der Waals surface area contributed by atoms with E-state index >= 15 is 0 Å². The Bertz CT molecular complexity index is 939. The summed E-state index contributed by atoms with van der Waals surface area (Å²) in [7, 11) is -3.79. The van der Waals surface area contributed by atoms with E-state index in [-0.39, 0.29) is 17.2 Å². The van der Waals surface area contributed by atoms with Crippen molar-refractivity contribution in [1.82, 2.24) is 0 Å². The summed E-state index contributed by atoms with van der Waals surface area (Å²) in [6.45, 7) is 0.693. The van der Waals surface area contributed by atoms with E-state index in [9.17, 15) is 17.6 Å². The van der Waals surface area contributed by atoms with Crippen molar-refractivity contribution in [3.63, 3.8) is 0 Å². The van der Waals surface area contributed by atoms with Gasteiger partial charge in [-0.15, -0.1) is 0 Å². The molecule has 0 bridgehead atoms. The van der Waals surface area contributed by atoms with Gasteiger partial charge >= 0.3 is 0 Å². The van der Waals surface area contributed by atoms with Crippen molar-refractivity contribution in [2.24, 2.45) is 0 Å². The molecular formula is C17H15FN2O3S. The number of anilines is 2. The van der Waals surface area contributed by atoms with E-state index in [0.717, 1.165) is 29.7 Å². The number of amides is 1. The number of aryl methyl sites for hydroxylation is 1. The number of hydrogen-bond donors (Lipinski definition) is 1. The topological polar surface area (TPSA) is 66.5 Å². The van der Waals surface area contributed by atoms with Crippen molar-refractivity contribution in [3.8, 4) is 0 Å². The molecule has 24 heavy (non-hydrogen) atoms. The number of rotatable bonds is 3. The van der Waals surface area contributed by atoms with Gasteiger partial charge in [0.15, 0.2) is 0 Å². The van der Waals surface area contributed by atoms with E-state index in [0.29, 0.717) is 12.2 Å². The van der Waals surface area contributed by atoms with E-state index in [1.165, 1.54) is 24.3 Å². The van der Waals surface area contributed by atoms with Crippen molar-refractivity contribution >= 4 is 27.3 Å². The van der Waals surface area contributed by atoms with Crippen molar-refractivity contribution in [2.45, 2.75) is 24.2 Å². The molecule has 0 atom stereocenters. The van der Waals surface area contributed by atoms with E-state index < -0.39 is 15.8 Å². The molecule has 1 amide bonds. The van der Waals surface area contributed by atoms with Gasteiger partial charge in [0.25, 0.3) is 10.0 Å². The largest absolute Gasteiger partial charge is 0.312 e. The summed E-state index contributed by atoms with van der Waals surface area (Å²) in [6, 6.07) is 8.33. The van der Waals surface area contributed by atoms with Crippen LogP contribution in [0.25, 0.3) is 0 Å². The molecule has 0 unspecified atom stereocenters. The Morgan fingerprint density at radius 2 is 1.79 bits per heavy atom. The van der Waals surface area contributed by atoms with Gasteiger partial charge in [-0.1, -0.05) is 0 Å². The van der Waals surface area contributed by atoms with Gasteiger partial charge < -0.3 is 4.90 Å². The van der Waals surface area contributed by atoms with Crippen LogP contribution in [0.1, 0.15) is 17.5 Å². The second-order valence-electron chi connectivity index (χ2n) is 6.03. The number of sulfonamides is 1. The van der Waals surface area contributed by atoms with Gasteiger partial charge in [-0.2, -0.15) is 0 Å². The van der Waals surface area contributed by atoms with Gasteiger partial charge in [0.2, 0.25) is 5.91 Å². The lowest BCUT2D eigenvalue weighted by Gasteiger charge is -2.26. The van der Waals surface area contributed by atoms with Crippen molar-refractivity contribution in [1.29, 1.82) is 0 Å². The van der Waals surface area contributed by atoms with Crippen LogP contribution in [0.15, 0.2) is 41.3 Å². The standard InChI is InChI=1S/C17H15FN2O3S/c18-13-3-5-14(6-4-13)19-24(22,23)15-8-11-2-1-7-20-16(21)10-12(9-15)17(11)20/h3-6,8-9,19H,1-2,7,10H2. The molecule has 2 aromatic rings. The molecule has 0 saturated carbocycles. The normalized spacial score (nSPS) is 16.2. The van der Waals surface area contributed by atoms with E-state index in [4.69, 9.17) is 0 Å². The first-order chi connectivity index (χ1) is 11.4. The molecule has 7 heteroatoms. The Kier molecular flexibility index (Phi) is 3.35. The molecule has 0 spiro atoms. The molecule has 2 aromatic carbocycles. The Morgan fingerprint density at radius 1 is 1.08 bits per heavy atom. The molecule has 1 N–H and O–H groups in total. The second kappa shape index (κ2) is 5.31. The van der Waals surface area contributed by atoms with Crippen LogP contribution in [0.5, 0.6) is 0 Å². The van der Waals surface area contributed by atoms with Crippen LogP contribution >= 0.6 is 0 Å². The second-order valence-corrected chi connectivity index (χ2v) is 7.71. The summed E-state index contributed by atoms with van der Waals surface area (Å²) in [5.41, 5.74) is 2.83. The van der Waals surface area contributed by atoms with Gasteiger partial charge in [0.05, 0.1) is 17.0 Å². The molecular weight excluding hydrogens is 331 g/mol. The molecule has 2 heterocycles. The zero-order valence-electron chi connectivity index (χ0n) is 12.8. The highest BCUT2D eigenvalue weighted by molar-refractivity contribution is 7.92. The van der Waals surface area contributed by atoms with Crippen molar-refractivity contribution in [3.05, 3.63) is 53.3 Å². The predicted molar refractivity (Wildman–Crippen MR) is 88.0 cm³/mol. The lowest BCUT2D eigenvalue weighted by Crippen LogP contribution is -2.31. The summed E-state index contributed by atoms with van der Waals surface area (Å²) >= 11 is 0. The van der Waals surface area contributed by atoms with Crippen LogP contribution in [0.2, 0.25) is 0 Å². The minimum absolute atomic E-state index is 0.0204. The predicted octanol–water partition coefficient (Wildman–Crippen LogP) is 2.46. The number of nitrogens with one attached hydrogen (secondary N) is 1. The molecule has 4 rings (SSSR count). The summed E-state index contributed by atoms with van der Waals surface area (Å²) in [5.74, 6) is -0.412. The van der Waals surface area contributed by atoms with Crippen LogP contribution in [0.3, 0.4) is 0 Å². The summed E-state index contributed by atoms with van der Waals surface area (Å²) in [4.78, 5) is 13.9. The summed E-state index contributed by atoms with van der Waals surface area (Å²) < 4.78 is 40.7. The highest BCUT2D eigenvalue weighted by atomic mass is 32.2. The number of carbonyl (C=O) groups excluding carboxylic acids is 1. The fraction of sp³-hybridized carbons (Fsp3) is 0.235. The maximum atomic E-state index is 13.0. The first kappa shape index (κ1) is 15.1. The molecule has 0 fully saturated rings. The lowest BCUT2D eigenvalue weighted by atomic mass is 10.0. The minimum atomic E-state index is -3.79. The number of nitrogens with zero attached hydrogens (tertiary/aromatic N) is 1. The first-order valence-corrected chi connectivity index (χ1v) is 9.17. The quantitative estimate of drug-likeness (QED) is 0.928. The third kappa shape index (κ3) is 2.45. The van der Waals surface area contributed by atoms with Crippen LogP contribution in [-0.4, -0.2) is 20.9 Å². The van der Waals surface area contributed by atoms with Crippen LogP contribution in [0.4, 0.5) is 15.8 Å². The monoisotopic (exact) mass is 346 g/mol. The number of carbonyl (C=O) groups is 1. The zero-order valence-corrected chi connectivity index (χ0v) is 13.6. The Labute approximate surface area is 139 Å². The molecule has 2 aliphatic rings. The van der Waals surface area contributed by atoms with Gasteiger partial charge in [-0.3, -0.25) is 9.52 Å². The average molecular weight is 346 g/mol. The fourth-order valence-corrected chi connectivity index (χ4v) is 4.49. The van der Waals surface area contributed by atoms with E-state index in [1.807, 2.05) is 0 Å². The van der Waals surface area contributed by atoms with Crippen molar-refractivity contribution in [2.75, 3.05) is 16.2 Å². The van der Waals surface area contributed by atoms with E-state index in [1.54, 1.807) is 17.0 Å². The highest BCUT2D eigenvalue weighted by Crippen LogP contribution is 2.38. The third-order valence-electron chi connectivity index (χ3n) is 4.39. The number of halogens is 1. The maximum absolute atomic E-state index is 13.0. The van der Waals surface area contributed by atoms with Crippen LogP contribution in [-0.2, 0) is 27.7 Å². The number of benzene rings is 2. The Balaban J connectivity index is 1.73. The van der Waals surface area contributed by atoms with Gasteiger partial charge in [0.1, 0.15) is 5.82 Å². The lowest BCUT2D eigenvalue weighted by molar-refractivity contribution is -0.117. The summed E-state index contributed by atoms with van der Waals surface area (Å²) in [5, 5.41) is 0. The first-order valence-electron chi connectivity index (χ1n) is 7.68. The molecule has 0 radical (unpaired) electrons. The zero-order chi connectivity index (χ0) is 16.9. The fourth-order valence-electron chi connectivity index (χ4n) is 3.33. The highest BCUT2D eigenvalue weighted by Gasteiger charge is 2.33. The van der Waals surface area contributed by atoms with E-state index in [2.05, 4.69) is 4.72 Å². The molecule has 2 aliphatic heterocycles. The SMILES string of the molecule is O=C1Cc2cc(S(=O)(=O)Nc3ccc(F)cc3)cc3c2N1CCC3. The third-order valence-corrected chi connectivity index (χ3v) is 5.75. The van der Waals surface area contributed by atoms with Crippen molar-refractivity contribution < 1.29 is 17.6 Å². The van der Waals surface area contributed by atoms with Crippen LogP contribution < -0.4 is 9.62 Å². The summed E-state index contributed by atoms with van der Waals surface area (Å²) in [6.07, 6.45) is 1.82. The van der Waals surface area contributed by atoms with Crippen LogP contribution in [0, 0.1) is 5.82 Å². The van der Waals surface area contributed by atoms with Gasteiger partial charge in [-0.25, -0.2) is 12.8 Å². The Hall–Kier alpha value is -2.41. The molecule has 0 aliphatic carbocycles. The maximum Gasteiger partial charge on any atom is 0.261 e. The molecule has 0 aromatic heterocycles. The molecule has 5 nitrogen and oxygen atoms in total. The number of hydrogen-bond acceptors (Lipinski definition) is 3. The Morgan fingerprint density at radius 3 is 2.54 bits per heavy atom. The minimum Gasteiger partial charge on any atom is -0.312 e. The van der Waals surface area contributed by atoms with Gasteiger partial charge in [-0.05, 0) is 60.4 Å².